The summed E-state index contributed by atoms with van der Waals surface area (Å²) in [4.78, 5) is 3.78. The maximum atomic E-state index is 11.9. The van der Waals surface area contributed by atoms with Crippen LogP contribution >= 0.6 is 0 Å². The van der Waals surface area contributed by atoms with Crippen LogP contribution in [0.2, 0.25) is 0 Å². The van der Waals surface area contributed by atoms with Gasteiger partial charge in [0.05, 0.1) is 12.0 Å². The highest BCUT2D eigenvalue weighted by atomic mass is 19.4. The number of nitrogens with zero attached hydrogens (tertiary/aromatic N) is 2. The zero-order chi connectivity index (χ0) is 11.7. The molecule has 1 heterocycles. The van der Waals surface area contributed by atoms with E-state index in [4.69, 9.17) is 5.73 Å². The molecule has 4 nitrogen and oxygen atoms in total. The molecular weight excluding hydrogens is 211 g/mol. The number of halogens is 3. The molecule has 0 radical (unpaired) electrons. The Labute approximate surface area is 84.6 Å². The normalized spacial score (nSPS) is 13.2. The molecule has 7 heteroatoms. The summed E-state index contributed by atoms with van der Waals surface area (Å²) >= 11 is 0. The van der Waals surface area contributed by atoms with Crippen molar-refractivity contribution in [3.8, 4) is 0 Å². The minimum atomic E-state index is -4.22. The lowest BCUT2D eigenvalue weighted by atomic mass is 10.1. The van der Waals surface area contributed by atoms with Crippen LogP contribution in [0.25, 0.3) is 0 Å². The molecule has 0 aliphatic rings. The average Bonchev–Trinajstić information content (AvgIpc) is 2.45. The van der Waals surface area contributed by atoms with Crippen molar-refractivity contribution in [3.05, 3.63) is 11.7 Å². The summed E-state index contributed by atoms with van der Waals surface area (Å²) in [7, 11) is 0. The van der Waals surface area contributed by atoms with E-state index in [0.717, 1.165) is 0 Å². The summed E-state index contributed by atoms with van der Waals surface area (Å²) in [6.45, 7) is 3.29. The summed E-state index contributed by atoms with van der Waals surface area (Å²) in [5.41, 5.74) is 4.84. The van der Waals surface area contributed by atoms with Crippen LogP contribution in [0, 0.1) is 0 Å². The lowest BCUT2D eigenvalue weighted by Crippen LogP contribution is -2.30. The van der Waals surface area contributed by atoms with E-state index in [0.29, 0.717) is 0 Å². The highest BCUT2D eigenvalue weighted by molar-refractivity contribution is 4.99. The summed E-state index contributed by atoms with van der Waals surface area (Å²) in [5.74, 6) is 0.167. The van der Waals surface area contributed by atoms with Gasteiger partial charge in [-0.05, 0) is 13.8 Å². The van der Waals surface area contributed by atoms with Crippen LogP contribution in [0.5, 0.6) is 0 Å². The molecule has 0 fully saturated rings. The van der Waals surface area contributed by atoms with Crippen LogP contribution in [0.3, 0.4) is 0 Å². The van der Waals surface area contributed by atoms with E-state index in [1.807, 2.05) is 0 Å². The fourth-order valence-corrected chi connectivity index (χ4v) is 0.867. The fourth-order valence-electron chi connectivity index (χ4n) is 0.867. The largest absolute Gasteiger partial charge is 0.389 e. The van der Waals surface area contributed by atoms with Gasteiger partial charge in [-0.15, -0.1) is 0 Å². The van der Waals surface area contributed by atoms with Crippen LogP contribution in [0.1, 0.15) is 32.0 Å². The Morgan fingerprint density at radius 2 is 1.93 bits per heavy atom. The molecule has 0 spiro atoms. The van der Waals surface area contributed by atoms with E-state index in [2.05, 4.69) is 14.7 Å². The predicted octanol–water partition coefficient (Wildman–Crippen LogP) is 1.76. The highest BCUT2D eigenvalue weighted by Crippen LogP contribution is 2.22. The van der Waals surface area contributed by atoms with Gasteiger partial charge in [0.1, 0.15) is 0 Å². The molecule has 2 N–H and O–H groups in total. The van der Waals surface area contributed by atoms with E-state index < -0.39 is 18.1 Å². The van der Waals surface area contributed by atoms with Crippen LogP contribution in [-0.4, -0.2) is 16.3 Å². The molecule has 86 valence electrons. The molecule has 0 unspecified atom stereocenters. The number of hydrogen-bond acceptors (Lipinski definition) is 4. The number of alkyl halides is 3. The van der Waals surface area contributed by atoms with Gasteiger partial charge in [-0.2, -0.15) is 18.2 Å². The number of aromatic nitrogens is 2. The lowest BCUT2D eigenvalue weighted by Gasteiger charge is -2.11. The minimum Gasteiger partial charge on any atom is -0.339 e. The van der Waals surface area contributed by atoms with Gasteiger partial charge in [0, 0.05) is 6.42 Å². The SMILES string of the molecule is CC(C)(N)c1noc(CCC(F)(F)F)n1. The maximum absolute atomic E-state index is 11.9. The summed E-state index contributed by atoms with van der Waals surface area (Å²) < 4.78 is 40.2. The average molecular weight is 223 g/mol. The van der Waals surface area contributed by atoms with Crippen molar-refractivity contribution in [2.24, 2.45) is 5.73 Å². The Bertz CT molecular complexity index is 327. The van der Waals surface area contributed by atoms with Crippen molar-refractivity contribution < 1.29 is 17.7 Å². The Balaban J connectivity index is 2.62. The zero-order valence-corrected chi connectivity index (χ0v) is 8.43. The molecule has 0 saturated carbocycles. The molecule has 1 aromatic rings. The third-order valence-electron chi connectivity index (χ3n) is 1.67. The lowest BCUT2D eigenvalue weighted by molar-refractivity contribution is -0.134. The summed E-state index contributed by atoms with van der Waals surface area (Å²) in [5, 5.41) is 3.51. The Morgan fingerprint density at radius 1 is 1.33 bits per heavy atom. The van der Waals surface area contributed by atoms with Crippen molar-refractivity contribution in [1.82, 2.24) is 10.1 Å². The molecule has 0 atom stereocenters. The van der Waals surface area contributed by atoms with Crippen molar-refractivity contribution in [2.45, 2.75) is 38.4 Å². The molecule has 0 amide bonds. The number of aryl methyl sites for hydroxylation is 1. The van der Waals surface area contributed by atoms with Crippen molar-refractivity contribution in [2.75, 3.05) is 0 Å². The first-order valence-electron chi connectivity index (χ1n) is 4.37. The monoisotopic (exact) mass is 223 g/mol. The molecule has 0 aliphatic heterocycles. The van der Waals surface area contributed by atoms with E-state index >= 15 is 0 Å². The molecule has 0 saturated heterocycles. The Hall–Kier alpha value is -1.11. The van der Waals surface area contributed by atoms with Crippen molar-refractivity contribution in [3.63, 3.8) is 0 Å². The van der Waals surface area contributed by atoms with Gasteiger partial charge in [-0.3, -0.25) is 0 Å². The maximum Gasteiger partial charge on any atom is 0.389 e. The molecule has 0 bridgehead atoms. The number of hydrogen-bond donors (Lipinski definition) is 1. The topological polar surface area (TPSA) is 64.9 Å². The molecule has 15 heavy (non-hydrogen) atoms. The summed E-state index contributed by atoms with van der Waals surface area (Å²) in [6.07, 6.45) is -5.50. The molecule has 1 aromatic heterocycles. The smallest absolute Gasteiger partial charge is 0.339 e. The second-order valence-corrected chi connectivity index (χ2v) is 3.85. The van der Waals surface area contributed by atoms with Gasteiger partial charge in [-0.25, -0.2) is 0 Å². The van der Waals surface area contributed by atoms with Gasteiger partial charge in [0.25, 0.3) is 0 Å². The minimum absolute atomic E-state index is 0.0409. The molecule has 0 aliphatic carbocycles. The molecule has 1 rings (SSSR count). The Kier molecular flexibility index (Phi) is 3.03. The van der Waals surface area contributed by atoms with Gasteiger partial charge < -0.3 is 10.3 Å². The van der Waals surface area contributed by atoms with E-state index in [-0.39, 0.29) is 18.1 Å². The van der Waals surface area contributed by atoms with E-state index in [9.17, 15) is 13.2 Å². The standard InChI is InChI=1S/C8H12F3N3O/c1-7(2,12)6-13-5(15-14-6)3-4-8(9,10)11/h3-4,12H2,1-2H3. The molecular formula is C8H12F3N3O. The van der Waals surface area contributed by atoms with Gasteiger partial charge in [0.15, 0.2) is 5.82 Å². The second-order valence-electron chi connectivity index (χ2n) is 3.85. The predicted molar refractivity (Wildman–Crippen MR) is 45.9 cm³/mol. The van der Waals surface area contributed by atoms with Gasteiger partial charge >= 0.3 is 6.18 Å². The number of rotatable bonds is 3. The number of nitrogens with two attached hydrogens (primary N) is 1. The molecule has 0 aromatic carbocycles. The van der Waals surface area contributed by atoms with Gasteiger partial charge in [0.2, 0.25) is 5.89 Å². The second kappa shape index (κ2) is 3.80. The van der Waals surface area contributed by atoms with Gasteiger partial charge in [-0.1, -0.05) is 5.16 Å². The van der Waals surface area contributed by atoms with Crippen LogP contribution < -0.4 is 5.73 Å². The first-order valence-corrected chi connectivity index (χ1v) is 4.37. The van der Waals surface area contributed by atoms with Crippen LogP contribution in [0.4, 0.5) is 13.2 Å². The zero-order valence-electron chi connectivity index (χ0n) is 8.43. The van der Waals surface area contributed by atoms with E-state index in [1.54, 1.807) is 13.8 Å². The quantitative estimate of drug-likeness (QED) is 0.847. The van der Waals surface area contributed by atoms with Crippen LogP contribution in [0.15, 0.2) is 4.52 Å². The fraction of sp³-hybridized carbons (Fsp3) is 0.750. The third kappa shape index (κ3) is 3.86. The first kappa shape index (κ1) is 12.0. The van der Waals surface area contributed by atoms with Crippen molar-refractivity contribution in [1.29, 1.82) is 0 Å². The highest BCUT2D eigenvalue weighted by Gasteiger charge is 2.28. The van der Waals surface area contributed by atoms with Crippen molar-refractivity contribution >= 4 is 0 Å². The van der Waals surface area contributed by atoms with E-state index in [1.165, 1.54) is 0 Å². The van der Waals surface area contributed by atoms with Crippen LogP contribution in [-0.2, 0) is 12.0 Å². The third-order valence-corrected chi connectivity index (χ3v) is 1.67. The Morgan fingerprint density at radius 3 is 2.33 bits per heavy atom. The first-order chi connectivity index (χ1) is 6.68. The summed E-state index contributed by atoms with van der Waals surface area (Å²) in [6, 6.07) is 0.